The summed E-state index contributed by atoms with van der Waals surface area (Å²) >= 11 is 0. The Morgan fingerprint density at radius 3 is 2.71 bits per heavy atom. The normalized spacial score (nSPS) is 12.5. The average molecular weight is 194 g/mol. The van der Waals surface area contributed by atoms with Crippen LogP contribution in [0.1, 0.15) is 38.4 Å². The standard InChI is InChI=1S/C11H18N2O/c1-3-7-12-11-6-5-9(8-13-11)10(14)4-2/h5-6,8,10,14H,3-4,7H2,1-2H3,(H,12,13). The molecule has 0 aromatic carbocycles. The van der Waals surface area contributed by atoms with Crippen LogP contribution in [0.4, 0.5) is 5.82 Å². The van der Waals surface area contributed by atoms with Crippen molar-refractivity contribution in [2.45, 2.75) is 32.8 Å². The van der Waals surface area contributed by atoms with Crippen LogP contribution in [0.25, 0.3) is 0 Å². The maximum Gasteiger partial charge on any atom is 0.125 e. The molecule has 0 saturated heterocycles. The number of pyridine rings is 1. The van der Waals surface area contributed by atoms with Gasteiger partial charge in [-0.1, -0.05) is 19.9 Å². The second-order valence-electron chi connectivity index (χ2n) is 3.33. The molecule has 0 aliphatic heterocycles. The van der Waals surface area contributed by atoms with Gasteiger partial charge < -0.3 is 10.4 Å². The summed E-state index contributed by atoms with van der Waals surface area (Å²) in [7, 11) is 0. The number of aliphatic hydroxyl groups excluding tert-OH is 1. The number of aromatic nitrogens is 1. The summed E-state index contributed by atoms with van der Waals surface area (Å²) in [5.74, 6) is 0.874. The number of nitrogens with zero attached hydrogens (tertiary/aromatic N) is 1. The van der Waals surface area contributed by atoms with E-state index in [0.29, 0.717) is 0 Å². The Morgan fingerprint density at radius 2 is 2.21 bits per heavy atom. The lowest BCUT2D eigenvalue weighted by molar-refractivity contribution is 0.173. The highest BCUT2D eigenvalue weighted by Crippen LogP contribution is 2.16. The summed E-state index contributed by atoms with van der Waals surface area (Å²) in [5, 5.41) is 12.7. The molecule has 78 valence electrons. The lowest BCUT2D eigenvalue weighted by Crippen LogP contribution is -2.03. The van der Waals surface area contributed by atoms with E-state index in [1.165, 1.54) is 0 Å². The van der Waals surface area contributed by atoms with Crippen LogP contribution in [0, 0.1) is 0 Å². The molecule has 0 fully saturated rings. The van der Waals surface area contributed by atoms with Gasteiger partial charge in [0.25, 0.3) is 0 Å². The van der Waals surface area contributed by atoms with Crippen molar-refractivity contribution in [3.63, 3.8) is 0 Å². The first kappa shape index (κ1) is 11.0. The van der Waals surface area contributed by atoms with Gasteiger partial charge in [-0.2, -0.15) is 0 Å². The van der Waals surface area contributed by atoms with Crippen LogP contribution < -0.4 is 5.32 Å². The van der Waals surface area contributed by atoms with Gasteiger partial charge in [-0.25, -0.2) is 4.98 Å². The molecule has 1 heterocycles. The minimum atomic E-state index is -0.386. The molecule has 1 atom stereocenters. The molecule has 1 aromatic heterocycles. The molecule has 2 N–H and O–H groups in total. The molecular formula is C11H18N2O. The zero-order chi connectivity index (χ0) is 10.4. The van der Waals surface area contributed by atoms with Crippen molar-refractivity contribution in [3.8, 4) is 0 Å². The summed E-state index contributed by atoms with van der Waals surface area (Å²) in [6, 6.07) is 3.82. The number of nitrogens with one attached hydrogen (secondary N) is 1. The monoisotopic (exact) mass is 194 g/mol. The third-order valence-corrected chi connectivity index (χ3v) is 2.11. The minimum absolute atomic E-state index is 0.386. The minimum Gasteiger partial charge on any atom is -0.388 e. The largest absolute Gasteiger partial charge is 0.388 e. The van der Waals surface area contributed by atoms with E-state index in [0.717, 1.165) is 30.8 Å². The Labute approximate surface area is 85.2 Å². The van der Waals surface area contributed by atoms with E-state index in [4.69, 9.17) is 0 Å². The number of aliphatic hydroxyl groups is 1. The highest BCUT2D eigenvalue weighted by atomic mass is 16.3. The molecule has 0 saturated carbocycles. The molecule has 1 aromatic rings. The lowest BCUT2D eigenvalue weighted by atomic mass is 10.1. The molecule has 0 spiro atoms. The molecule has 0 radical (unpaired) electrons. The van der Waals surface area contributed by atoms with Crippen LogP contribution in [0.2, 0.25) is 0 Å². The number of anilines is 1. The van der Waals surface area contributed by atoms with Gasteiger partial charge in [0.05, 0.1) is 6.10 Å². The predicted molar refractivity (Wildman–Crippen MR) is 58.3 cm³/mol. The Bertz CT molecular complexity index is 258. The molecule has 0 bridgehead atoms. The van der Waals surface area contributed by atoms with Gasteiger partial charge in [0.1, 0.15) is 5.82 Å². The van der Waals surface area contributed by atoms with Gasteiger partial charge >= 0.3 is 0 Å². The zero-order valence-corrected chi connectivity index (χ0v) is 8.83. The maximum atomic E-state index is 9.54. The van der Waals surface area contributed by atoms with Crippen LogP contribution in [-0.2, 0) is 0 Å². The van der Waals surface area contributed by atoms with E-state index in [2.05, 4.69) is 17.2 Å². The Kier molecular flexibility index (Phi) is 4.40. The first-order valence-corrected chi connectivity index (χ1v) is 5.15. The van der Waals surface area contributed by atoms with E-state index in [-0.39, 0.29) is 6.10 Å². The zero-order valence-electron chi connectivity index (χ0n) is 8.83. The summed E-state index contributed by atoms with van der Waals surface area (Å²) in [6.45, 7) is 5.00. The lowest BCUT2D eigenvalue weighted by Gasteiger charge is -2.08. The van der Waals surface area contributed by atoms with Gasteiger partial charge in [0, 0.05) is 12.7 Å². The molecule has 0 aliphatic carbocycles. The third-order valence-electron chi connectivity index (χ3n) is 2.11. The maximum absolute atomic E-state index is 9.54. The average Bonchev–Trinajstić information content (AvgIpc) is 2.26. The predicted octanol–water partition coefficient (Wildman–Crippen LogP) is 2.35. The molecule has 1 unspecified atom stereocenters. The molecule has 14 heavy (non-hydrogen) atoms. The highest BCUT2D eigenvalue weighted by molar-refractivity contribution is 5.35. The first-order valence-electron chi connectivity index (χ1n) is 5.15. The molecular weight excluding hydrogens is 176 g/mol. The SMILES string of the molecule is CCCNc1ccc(C(O)CC)cn1. The fourth-order valence-electron chi connectivity index (χ4n) is 1.20. The van der Waals surface area contributed by atoms with Crippen molar-refractivity contribution < 1.29 is 5.11 Å². The Balaban J connectivity index is 2.59. The van der Waals surface area contributed by atoms with Gasteiger partial charge in [-0.15, -0.1) is 0 Å². The fourth-order valence-corrected chi connectivity index (χ4v) is 1.20. The Morgan fingerprint density at radius 1 is 1.43 bits per heavy atom. The van der Waals surface area contributed by atoms with Gasteiger partial charge in [0.15, 0.2) is 0 Å². The topological polar surface area (TPSA) is 45.1 Å². The molecule has 0 amide bonds. The van der Waals surface area contributed by atoms with Crippen LogP contribution in [-0.4, -0.2) is 16.6 Å². The molecule has 1 rings (SSSR count). The van der Waals surface area contributed by atoms with Crippen LogP contribution in [0.5, 0.6) is 0 Å². The van der Waals surface area contributed by atoms with Crippen LogP contribution in [0.15, 0.2) is 18.3 Å². The smallest absolute Gasteiger partial charge is 0.125 e. The van der Waals surface area contributed by atoms with Crippen LogP contribution in [0.3, 0.4) is 0 Å². The molecule has 3 nitrogen and oxygen atoms in total. The highest BCUT2D eigenvalue weighted by Gasteiger charge is 2.04. The van der Waals surface area contributed by atoms with Gasteiger partial charge in [-0.3, -0.25) is 0 Å². The second-order valence-corrected chi connectivity index (χ2v) is 3.33. The van der Waals surface area contributed by atoms with Crippen molar-refractivity contribution in [1.82, 2.24) is 4.98 Å². The summed E-state index contributed by atoms with van der Waals surface area (Å²) in [4.78, 5) is 4.21. The third kappa shape index (κ3) is 3.00. The van der Waals surface area contributed by atoms with Crippen molar-refractivity contribution in [2.24, 2.45) is 0 Å². The number of hydrogen-bond acceptors (Lipinski definition) is 3. The summed E-state index contributed by atoms with van der Waals surface area (Å²) in [6.07, 6.45) is 3.15. The second kappa shape index (κ2) is 5.60. The van der Waals surface area contributed by atoms with E-state index < -0.39 is 0 Å². The van der Waals surface area contributed by atoms with E-state index in [1.807, 2.05) is 19.1 Å². The van der Waals surface area contributed by atoms with Crippen molar-refractivity contribution in [1.29, 1.82) is 0 Å². The Hall–Kier alpha value is -1.09. The first-order chi connectivity index (χ1) is 6.77. The quantitative estimate of drug-likeness (QED) is 0.756. The van der Waals surface area contributed by atoms with E-state index >= 15 is 0 Å². The number of rotatable bonds is 5. The van der Waals surface area contributed by atoms with Crippen molar-refractivity contribution >= 4 is 5.82 Å². The van der Waals surface area contributed by atoms with E-state index in [9.17, 15) is 5.11 Å². The van der Waals surface area contributed by atoms with Crippen molar-refractivity contribution in [2.75, 3.05) is 11.9 Å². The van der Waals surface area contributed by atoms with Crippen molar-refractivity contribution in [3.05, 3.63) is 23.9 Å². The molecule has 0 aliphatic rings. The van der Waals surface area contributed by atoms with E-state index in [1.54, 1.807) is 6.20 Å². The van der Waals surface area contributed by atoms with Gasteiger partial charge in [0.2, 0.25) is 0 Å². The van der Waals surface area contributed by atoms with Gasteiger partial charge in [-0.05, 0) is 24.5 Å². The van der Waals surface area contributed by atoms with Crippen LogP contribution >= 0.6 is 0 Å². The summed E-state index contributed by atoms with van der Waals surface area (Å²) in [5.41, 5.74) is 0.884. The fraction of sp³-hybridized carbons (Fsp3) is 0.545. The summed E-state index contributed by atoms with van der Waals surface area (Å²) < 4.78 is 0. The number of hydrogen-bond donors (Lipinski definition) is 2. The molecule has 3 heteroatoms.